The van der Waals surface area contributed by atoms with Crippen molar-refractivity contribution in [2.24, 2.45) is 0 Å². The van der Waals surface area contributed by atoms with Crippen LogP contribution < -0.4 is 10.6 Å². The number of halogens is 2. The molecular formula is C13H18Cl2N2O. The molecule has 0 atom stereocenters. The maximum atomic E-state index is 11.8. The fraction of sp³-hybridized carbons (Fsp3) is 0.462. The lowest BCUT2D eigenvalue weighted by Crippen LogP contribution is -2.32. The second-order valence-electron chi connectivity index (χ2n) is 4.45. The van der Waals surface area contributed by atoms with Crippen LogP contribution in [0.2, 0.25) is 5.02 Å². The lowest BCUT2D eigenvalue weighted by molar-refractivity contribution is 0.0954. The van der Waals surface area contributed by atoms with Gasteiger partial charge in [0.1, 0.15) is 0 Å². The van der Waals surface area contributed by atoms with Gasteiger partial charge in [-0.15, -0.1) is 12.4 Å². The predicted molar refractivity (Wildman–Crippen MR) is 76.8 cm³/mol. The highest BCUT2D eigenvalue weighted by Gasteiger charge is 2.19. The van der Waals surface area contributed by atoms with Crippen LogP contribution in [0, 0.1) is 6.92 Å². The van der Waals surface area contributed by atoms with Gasteiger partial charge in [-0.2, -0.15) is 0 Å². The molecule has 1 aliphatic rings. The van der Waals surface area contributed by atoms with Gasteiger partial charge in [0.15, 0.2) is 0 Å². The van der Waals surface area contributed by atoms with Crippen LogP contribution in [0.5, 0.6) is 0 Å². The molecule has 1 aromatic rings. The maximum absolute atomic E-state index is 11.8. The van der Waals surface area contributed by atoms with Crippen LogP contribution in [0.4, 0.5) is 0 Å². The molecule has 1 fully saturated rings. The summed E-state index contributed by atoms with van der Waals surface area (Å²) < 4.78 is 0. The Balaban J connectivity index is 0.00000162. The number of carbonyl (C=O) groups is 1. The number of rotatable bonds is 5. The van der Waals surface area contributed by atoms with Gasteiger partial charge in [-0.3, -0.25) is 4.79 Å². The first-order chi connectivity index (χ1) is 8.16. The fourth-order valence-corrected chi connectivity index (χ4v) is 1.76. The highest BCUT2D eigenvalue weighted by Crippen LogP contribution is 2.18. The summed E-state index contributed by atoms with van der Waals surface area (Å²) in [6, 6.07) is 6.05. The van der Waals surface area contributed by atoms with Gasteiger partial charge in [-0.05, 0) is 37.5 Å². The Morgan fingerprint density at radius 3 is 2.72 bits per heavy atom. The number of nitrogens with one attached hydrogen (secondary N) is 2. The van der Waals surface area contributed by atoms with Gasteiger partial charge in [-0.1, -0.05) is 17.7 Å². The molecule has 0 saturated heterocycles. The van der Waals surface area contributed by atoms with E-state index in [1.54, 1.807) is 12.1 Å². The van der Waals surface area contributed by atoms with Crippen molar-refractivity contribution in [3.05, 3.63) is 34.3 Å². The Morgan fingerprint density at radius 2 is 2.11 bits per heavy atom. The molecule has 0 radical (unpaired) electrons. The zero-order valence-electron chi connectivity index (χ0n) is 10.3. The zero-order valence-corrected chi connectivity index (χ0v) is 11.9. The molecule has 1 saturated carbocycles. The minimum absolute atomic E-state index is 0. The topological polar surface area (TPSA) is 41.1 Å². The second-order valence-corrected chi connectivity index (χ2v) is 4.86. The van der Waals surface area contributed by atoms with E-state index in [-0.39, 0.29) is 18.3 Å². The molecule has 100 valence electrons. The van der Waals surface area contributed by atoms with Gasteiger partial charge in [0.05, 0.1) is 0 Å². The van der Waals surface area contributed by atoms with Crippen molar-refractivity contribution in [3.63, 3.8) is 0 Å². The summed E-state index contributed by atoms with van der Waals surface area (Å²) in [6.07, 6.45) is 2.53. The predicted octanol–water partition coefficient (Wildman–Crippen LogP) is 2.55. The monoisotopic (exact) mass is 288 g/mol. The minimum Gasteiger partial charge on any atom is -0.351 e. The van der Waals surface area contributed by atoms with E-state index in [9.17, 15) is 4.79 Å². The van der Waals surface area contributed by atoms with Gasteiger partial charge < -0.3 is 10.6 Å². The van der Waals surface area contributed by atoms with Crippen LogP contribution in [0.3, 0.4) is 0 Å². The first-order valence-electron chi connectivity index (χ1n) is 5.94. The average Bonchev–Trinajstić information content (AvgIpc) is 3.12. The number of hydrogen-bond acceptors (Lipinski definition) is 2. The minimum atomic E-state index is -0.0653. The van der Waals surface area contributed by atoms with E-state index in [1.807, 2.05) is 13.0 Å². The van der Waals surface area contributed by atoms with Crippen molar-refractivity contribution in [1.29, 1.82) is 0 Å². The summed E-state index contributed by atoms with van der Waals surface area (Å²) in [5.74, 6) is -0.0653. The molecule has 0 aromatic heterocycles. The summed E-state index contributed by atoms with van der Waals surface area (Å²) in [6.45, 7) is 3.40. The molecule has 0 spiro atoms. The highest BCUT2D eigenvalue weighted by atomic mass is 35.5. The standard InChI is InChI=1S/C13H17ClN2O.ClH/c1-9-2-3-10(8-12(9)14)13(17)16-7-6-15-11-4-5-11;/h2-3,8,11,15H,4-7H2,1H3,(H,16,17);1H. The molecule has 3 nitrogen and oxygen atoms in total. The van der Waals surface area contributed by atoms with E-state index in [4.69, 9.17) is 11.6 Å². The van der Waals surface area contributed by atoms with Crippen molar-refractivity contribution in [2.45, 2.75) is 25.8 Å². The van der Waals surface area contributed by atoms with Crippen molar-refractivity contribution in [1.82, 2.24) is 10.6 Å². The van der Waals surface area contributed by atoms with E-state index in [1.165, 1.54) is 12.8 Å². The maximum Gasteiger partial charge on any atom is 0.251 e. The third kappa shape index (κ3) is 4.48. The molecule has 2 rings (SSSR count). The Bertz CT molecular complexity index is 419. The summed E-state index contributed by atoms with van der Waals surface area (Å²) >= 11 is 5.98. The van der Waals surface area contributed by atoms with Crippen molar-refractivity contribution in [2.75, 3.05) is 13.1 Å². The zero-order chi connectivity index (χ0) is 12.3. The van der Waals surface area contributed by atoms with Crippen LogP contribution >= 0.6 is 24.0 Å². The lowest BCUT2D eigenvalue weighted by atomic mass is 10.1. The highest BCUT2D eigenvalue weighted by molar-refractivity contribution is 6.31. The molecule has 0 bridgehead atoms. The SMILES string of the molecule is Cc1ccc(C(=O)NCCNC2CC2)cc1Cl.Cl. The molecular weight excluding hydrogens is 271 g/mol. The first kappa shape index (κ1) is 15.3. The van der Waals surface area contributed by atoms with Crippen molar-refractivity contribution in [3.8, 4) is 0 Å². The smallest absolute Gasteiger partial charge is 0.251 e. The van der Waals surface area contributed by atoms with Crippen LogP contribution in [0.25, 0.3) is 0 Å². The molecule has 0 aliphatic heterocycles. The summed E-state index contributed by atoms with van der Waals surface area (Å²) in [5, 5.41) is 6.84. The Labute approximate surface area is 119 Å². The number of amides is 1. The lowest BCUT2D eigenvalue weighted by Gasteiger charge is -2.07. The molecule has 1 aliphatic carbocycles. The largest absolute Gasteiger partial charge is 0.351 e. The molecule has 0 heterocycles. The van der Waals surface area contributed by atoms with Gasteiger partial charge >= 0.3 is 0 Å². The third-order valence-corrected chi connectivity index (χ3v) is 3.26. The van der Waals surface area contributed by atoms with E-state index in [0.717, 1.165) is 12.1 Å². The normalized spacial score (nSPS) is 13.9. The summed E-state index contributed by atoms with van der Waals surface area (Å²) in [7, 11) is 0. The molecule has 0 unspecified atom stereocenters. The van der Waals surface area contributed by atoms with Gasteiger partial charge in [0.2, 0.25) is 0 Å². The number of carbonyl (C=O) groups excluding carboxylic acids is 1. The Kier molecular flexibility index (Phi) is 5.93. The van der Waals surface area contributed by atoms with E-state index in [2.05, 4.69) is 10.6 Å². The number of hydrogen-bond donors (Lipinski definition) is 2. The quantitative estimate of drug-likeness (QED) is 0.818. The van der Waals surface area contributed by atoms with E-state index >= 15 is 0 Å². The number of benzene rings is 1. The third-order valence-electron chi connectivity index (χ3n) is 2.85. The molecule has 1 amide bonds. The van der Waals surface area contributed by atoms with Crippen molar-refractivity contribution >= 4 is 29.9 Å². The second kappa shape index (κ2) is 6.98. The Morgan fingerprint density at radius 1 is 1.39 bits per heavy atom. The van der Waals surface area contributed by atoms with Gasteiger partial charge in [-0.25, -0.2) is 0 Å². The van der Waals surface area contributed by atoms with Crippen LogP contribution in [0.1, 0.15) is 28.8 Å². The molecule has 2 N–H and O–H groups in total. The first-order valence-corrected chi connectivity index (χ1v) is 6.32. The summed E-state index contributed by atoms with van der Waals surface area (Å²) in [4.78, 5) is 11.8. The van der Waals surface area contributed by atoms with E-state index in [0.29, 0.717) is 23.2 Å². The van der Waals surface area contributed by atoms with Gasteiger partial charge in [0, 0.05) is 29.7 Å². The molecule has 18 heavy (non-hydrogen) atoms. The fourth-order valence-electron chi connectivity index (χ4n) is 1.58. The number of aryl methyl sites for hydroxylation is 1. The van der Waals surface area contributed by atoms with Crippen LogP contribution in [-0.4, -0.2) is 25.0 Å². The van der Waals surface area contributed by atoms with Crippen LogP contribution in [0.15, 0.2) is 18.2 Å². The average molecular weight is 289 g/mol. The van der Waals surface area contributed by atoms with Gasteiger partial charge in [0.25, 0.3) is 5.91 Å². The van der Waals surface area contributed by atoms with E-state index < -0.39 is 0 Å². The van der Waals surface area contributed by atoms with Crippen LogP contribution in [-0.2, 0) is 0 Å². The summed E-state index contributed by atoms with van der Waals surface area (Å²) in [5.41, 5.74) is 1.60. The van der Waals surface area contributed by atoms with Crippen molar-refractivity contribution < 1.29 is 4.79 Å². The molecule has 5 heteroatoms. The molecule has 1 aromatic carbocycles. The Hall–Kier alpha value is -0.770.